The molecule has 0 aliphatic rings. The predicted molar refractivity (Wildman–Crippen MR) is 160 cm³/mol. The van der Waals surface area contributed by atoms with Crippen molar-refractivity contribution in [2.24, 2.45) is 0 Å². The van der Waals surface area contributed by atoms with Crippen molar-refractivity contribution >= 4 is 91.1 Å². The van der Waals surface area contributed by atoms with Crippen LogP contribution in [0.15, 0.2) is 42.0 Å². The average molecular weight is 747 g/mol. The van der Waals surface area contributed by atoms with E-state index in [1.54, 1.807) is 13.8 Å². The number of carbonyl (C=O) groups excluding carboxylic acids is 2. The first kappa shape index (κ1) is 28.4. The molecule has 1 N–H and O–H groups in total. The molecule has 3 rings (SSSR count). The van der Waals surface area contributed by atoms with Crippen LogP contribution in [0.25, 0.3) is 6.08 Å². The van der Waals surface area contributed by atoms with Gasteiger partial charge in [0.25, 0.3) is 5.91 Å². The molecule has 3 aromatic rings. The maximum Gasteiger partial charge on any atom is 0.341 e. The van der Waals surface area contributed by atoms with Gasteiger partial charge in [-0.3, -0.25) is 4.79 Å². The van der Waals surface area contributed by atoms with Crippen molar-refractivity contribution in [2.45, 2.75) is 27.4 Å². The van der Waals surface area contributed by atoms with Crippen LogP contribution in [0, 0.1) is 32.3 Å². The van der Waals surface area contributed by atoms with Crippen LogP contribution in [-0.2, 0) is 16.1 Å². The Kier molecular flexibility index (Phi) is 10.2. The highest BCUT2D eigenvalue weighted by molar-refractivity contribution is 14.1. The third-order valence-electron chi connectivity index (χ3n) is 5.12. The molecule has 0 bridgehead atoms. The zero-order valence-electron chi connectivity index (χ0n) is 19.6. The number of anilines is 1. The van der Waals surface area contributed by atoms with Crippen molar-refractivity contribution in [3.8, 4) is 11.8 Å². The van der Waals surface area contributed by atoms with E-state index in [1.807, 2.05) is 49.4 Å². The first-order valence-electron chi connectivity index (χ1n) is 10.7. The Hall–Kier alpha value is -2.14. The molecule has 0 saturated carbocycles. The Bertz CT molecular complexity index is 1370. The van der Waals surface area contributed by atoms with Crippen molar-refractivity contribution < 1.29 is 19.1 Å². The SMILES string of the molecule is CCOC(=O)c1c(NC(=O)C(C#N)=Cc2cc(I)c(OCc3ccccc3Cl)c(I)c2)sc(C)c1C. The lowest BCUT2D eigenvalue weighted by atomic mass is 10.1. The van der Waals surface area contributed by atoms with E-state index in [9.17, 15) is 14.9 Å². The van der Waals surface area contributed by atoms with Gasteiger partial charge in [-0.1, -0.05) is 29.8 Å². The summed E-state index contributed by atoms with van der Waals surface area (Å²) in [6, 6.07) is 13.1. The Labute approximate surface area is 245 Å². The molecule has 186 valence electrons. The van der Waals surface area contributed by atoms with Gasteiger partial charge in [0.15, 0.2) is 0 Å². The lowest BCUT2D eigenvalue weighted by Gasteiger charge is -2.12. The summed E-state index contributed by atoms with van der Waals surface area (Å²) in [4.78, 5) is 26.2. The predicted octanol–water partition coefficient (Wildman–Crippen LogP) is 7.53. The third kappa shape index (κ3) is 6.79. The molecule has 0 aliphatic heterocycles. The number of nitriles is 1. The minimum Gasteiger partial charge on any atom is -0.487 e. The van der Waals surface area contributed by atoms with Crippen LogP contribution in [0.4, 0.5) is 5.00 Å². The number of nitrogens with zero attached hydrogens (tertiary/aromatic N) is 1. The highest BCUT2D eigenvalue weighted by atomic mass is 127. The van der Waals surface area contributed by atoms with Gasteiger partial charge in [0, 0.05) is 15.5 Å². The second-order valence-corrected chi connectivity index (χ2v) is 11.5. The summed E-state index contributed by atoms with van der Waals surface area (Å²) >= 11 is 11.8. The van der Waals surface area contributed by atoms with E-state index in [1.165, 1.54) is 17.4 Å². The second-order valence-electron chi connectivity index (χ2n) is 7.53. The molecule has 1 aromatic heterocycles. The van der Waals surface area contributed by atoms with Crippen molar-refractivity contribution in [3.63, 3.8) is 0 Å². The molecule has 0 spiro atoms. The summed E-state index contributed by atoms with van der Waals surface area (Å²) in [6.45, 7) is 5.91. The molecule has 2 aromatic carbocycles. The van der Waals surface area contributed by atoms with Crippen molar-refractivity contribution in [1.82, 2.24) is 0 Å². The summed E-state index contributed by atoms with van der Waals surface area (Å²) in [5.41, 5.74) is 2.51. The molecule has 0 saturated heterocycles. The number of hydrogen-bond donors (Lipinski definition) is 1. The van der Waals surface area contributed by atoms with Crippen LogP contribution in [-0.4, -0.2) is 18.5 Å². The molecule has 1 amide bonds. The number of thiophene rings is 1. The van der Waals surface area contributed by atoms with E-state index in [-0.39, 0.29) is 12.2 Å². The van der Waals surface area contributed by atoms with Gasteiger partial charge in [-0.2, -0.15) is 5.26 Å². The number of halogens is 3. The van der Waals surface area contributed by atoms with Crippen molar-refractivity contribution in [1.29, 1.82) is 5.26 Å². The van der Waals surface area contributed by atoms with E-state index in [0.29, 0.717) is 33.5 Å². The monoisotopic (exact) mass is 746 g/mol. The zero-order valence-corrected chi connectivity index (χ0v) is 25.5. The standard InChI is InChI=1S/C26H21ClI2N2O4S/c1-4-34-26(33)22-14(2)15(3)36-25(22)31-24(32)18(12-30)9-16-10-20(28)23(21(29)11-16)35-13-17-7-5-6-8-19(17)27/h5-11H,4,13H2,1-3H3,(H,31,32). The molecule has 10 heteroatoms. The molecular formula is C26H21ClI2N2O4S. The molecular weight excluding hydrogens is 726 g/mol. The van der Waals surface area contributed by atoms with Gasteiger partial charge < -0.3 is 14.8 Å². The highest BCUT2D eigenvalue weighted by Gasteiger charge is 2.23. The molecule has 0 unspecified atom stereocenters. The fourth-order valence-corrected chi connectivity index (χ4v) is 6.58. The lowest BCUT2D eigenvalue weighted by Crippen LogP contribution is -2.16. The molecule has 1 heterocycles. The molecule has 0 aliphatic carbocycles. The molecule has 0 fully saturated rings. The van der Waals surface area contributed by atoms with E-state index < -0.39 is 11.9 Å². The van der Waals surface area contributed by atoms with E-state index >= 15 is 0 Å². The van der Waals surface area contributed by atoms with Crippen molar-refractivity contribution in [3.05, 3.63) is 81.3 Å². The van der Waals surface area contributed by atoms with Gasteiger partial charge in [-0.15, -0.1) is 11.3 Å². The number of amides is 1. The quantitative estimate of drug-likeness (QED) is 0.112. The van der Waals surface area contributed by atoms with Gasteiger partial charge in [-0.05, 0) is 101 Å². The number of benzene rings is 2. The van der Waals surface area contributed by atoms with Crippen LogP contribution in [0.5, 0.6) is 5.75 Å². The first-order valence-corrected chi connectivity index (χ1v) is 14.1. The zero-order chi connectivity index (χ0) is 26.4. The van der Waals surface area contributed by atoms with Gasteiger partial charge in [0.05, 0.1) is 19.3 Å². The summed E-state index contributed by atoms with van der Waals surface area (Å²) in [5, 5.41) is 13.4. The van der Waals surface area contributed by atoms with Crippen LogP contribution >= 0.6 is 68.1 Å². The number of carbonyl (C=O) groups is 2. The summed E-state index contributed by atoms with van der Waals surface area (Å²) in [5.74, 6) is -0.415. The first-order chi connectivity index (χ1) is 17.2. The van der Waals surface area contributed by atoms with Crippen LogP contribution < -0.4 is 10.1 Å². The fourth-order valence-electron chi connectivity index (χ4n) is 3.22. The summed E-state index contributed by atoms with van der Waals surface area (Å²) < 4.78 is 12.8. The van der Waals surface area contributed by atoms with E-state index in [0.717, 1.165) is 23.1 Å². The summed E-state index contributed by atoms with van der Waals surface area (Å²) in [7, 11) is 0. The largest absolute Gasteiger partial charge is 0.487 e. The number of nitrogens with one attached hydrogen (secondary N) is 1. The number of esters is 1. The Morgan fingerprint density at radius 1 is 1.19 bits per heavy atom. The Morgan fingerprint density at radius 2 is 1.86 bits per heavy atom. The highest BCUT2D eigenvalue weighted by Crippen LogP contribution is 2.34. The van der Waals surface area contributed by atoms with Gasteiger partial charge >= 0.3 is 5.97 Å². The topological polar surface area (TPSA) is 88.4 Å². The van der Waals surface area contributed by atoms with Crippen LogP contribution in [0.2, 0.25) is 5.02 Å². The van der Waals surface area contributed by atoms with E-state index in [2.05, 4.69) is 50.5 Å². The Morgan fingerprint density at radius 3 is 2.47 bits per heavy atom. The van der Waals surface area contributed by atoms with E-state index in [4.69, 9.17) is 21.1 Å². The van der Waals surface area contributed by atoms with Crippen LogP contribution in [0.3, 0.4) is 0 Å². The number of hydrogen-bond acceptors (Lipinski definition) is 6. The Balaban J connectivity index is 1.83. The molecule has 6 nitrogen and oxygen atoms in total. The second kappa shape index (κ2) is 12.9. The van der Waals surface area contributed by atoms with Gasteiger partial charge in [0.2, 0.25) is 0 Å². The van der Waals surface area contributed by atoms with Crippen LogP contribution in [0.1, 0.15) is 38.8 Å². The number of aryl methyl sites for hydroxylation is 1. The molecule has 0 atom stereocenters. The van der Waals surface area contributed by atoms with Gasteiger partial charge in [-0.25, -0.2) is 4.79 Å². The van der Waals surface area contributed by atoms with Gasteiger partial charge in [0.1, 0.15) is 29.0 Å². The minimum absolute atomic E-state index is 0.0927. The average Bonchev–Trinajstić information content (AvgIpc) is 3.10. The maximum atomic E-state index is 12.9. The number of ether oxygens (including phenoxy) is 2. The lowest BCUT2D eigenvalue weighted by molar-refractivity contribution is -0.112. The smallest absolute Gasteiger partial charge is 0.341 e. The minimum atomic E-state index is -0.603. The molecule has 0 radical (unpaired) electrons. The maximum absolute atomic E-state index is 12.9. The summed E-state index contributed by atoms with van der Waals surface area (Å²) in [6.07, 6.45) is 1.51. The third-order valence-corrected chi connectivity index (χ3v) is 8.21. The van der Waals surface area contributed by atoms with Crippen molar-refractivity contribution in [2.75, 3.05) is 11.9 Å². The molecule has 36 heavy (non-hydrogen) atoms. The number of rotatable bonds is 8. The fraction of sp³-hybridized carbons (Fsp3) is 0.192. The normalized spacial score (nSPS) is 11.1.